The summed E-state index contributed by atoms with van der Waals surface area (Å²) in [6, 6.07) is 5.44. The first-order valence-electron chi connectivity index (χ1n) is 6.82. The molecular weight excluding hydrogens is 322 g/mol. The van der Waals surface area contributed by atoms with Gasteiger partial charge in [-0.3, -0.25) is 4.79 Å². The number of halogens is 1. The van der Waals surface area contributed by atoms with Gasteiger partial charge in [0.25, 0.3) is 5.91 Å². The lowest BCUT2D eigenvalue weighted by Crippen LogP contribution is -2.33. The van der Waals surface area contributed by atoms with Gasteiger partial charge >= 0.3 is 0 Å². The van der Waals surface area contributed by atoms with Crippen molar-refractivity contribution in [3.63, 3.8) is 0 Å². The number of rotatable bonds is 6. The summed E-state index contributed by atoms with van der Waals surface area (Å²) in [5, 5.41) is 6.50. The lowest BCUT2D eigenvalue weighted by atomic mass is 10.1. The zero-order valence-electron chi connectivity index (χ0n) is 11.3. The molecule has 0 aliphatic carbocycles. The van der Waals surface area contributed by atoms with Gasteiger partial charge in [0.2, 0.25) is 0 Å². The molecule has 4 N–H and O–H groups in total. The highest BCUT2D eigenvalue weighted by molar-refractivity contribution is 9.10. The molecule has 110 valence electrons. The van der Waals surface area contributed by atoms with Crippen molar-refractivity contribution < 1.29 is 9.53 Å². The number of nitrogens with two attached hydrogens (primary N) is 1. The van der Waals surface area contributed by atoms with Gasteiger partial charge in [0.05, 0.1) is 18.3 Å². The monoisotopic (exact) mass is 341 g/mol. The van der Waals surface area contributed by atoms with E-state index in [0.717, 1.165) is 36.1 Å². The molecule has 1 aliphatic heterocycles. The van der Waals surface area contributed by atoms with Gasteiger partial charge in [-0.15, -0.1) is 0 Å². The second kappa shape index (κ2) is 7.61. The number of anilines is 1. The van der Waals surface area contributed by atoms with Gasteiger partial charge in [0.15, 0.2) is 0 Å². The maximum absolute atomic E-state index is 11.4. The van der Waals surface area contributed by atoms with Crippen molar-refractivity contribution in [2.24, 2.45) is 5.73 Å². The summed E-state index contributed by atoms with van der Waals surface area (Å²) in [5.41, 5.74) is 6.60. The van der Waals surface area contributed by atoms with Crippen LogP contribution in [0.15, 0.2) is 22.7 Å². The molecule has 0 aromatic heterocycles. The molecule has 1 aliphatic rings. The summed E-state index contributed by atoms with van der Waals surface area (Å²) in [4.78, 5) is 11.4. The smallest absolute Gasteiger partial charge is 0.250 e. The largest absolute Gasteiger partial charge is 0.382 e. The third kappa shape index (κ3) is 4.47. The Labute approximate surface area is 127 Å². The highest BCUT2D eigenvalue weighted by Crippen LogP contribution is 2.20. The van der Waals surface area contributed by atoms with Gasteiger partial charge in [-0.2, -0.15) is 0 Å². The van der Waals surface area contributed by atoms with E-state index < -0.39 is 5.91 Å². The molecule has 1 heterocycles. The first-order chi connectivity index (χ1) is 9.66. The zero-order valence-corrected chi connectivity index (χ0v) is 12.9. The Morgan fingerprint density at radius 2 is 2.20 bits per heavy atom. The van der Waals surface area contributed by atoms with Crippen LogP contribution >= 0.6 is 15.9 Å². The van der Waals surface area contributed by atoms with E-state index in [0.29, 0.717) is 24.8 Å². The van der Waals surface area contributed by atoms with Crippen LogP contribution in [0.1, 0.15) is 23.2 Å². The SMILES string of the molecule is NC(=O)c1cc(Br)ccc1NCCOC1CCNCC1. The number of benzene rings is 1. The predicted molar refractivity (Wildman–Crippen MR) is 83.0 cm³/mol. The third-order valence-electron chi connectivity index (χ3n) is 3.30. The fourth-order valence-corrected chi connectivity index (χ4v) is 2.61. The van der Waals surface area contributed by atoms with Crippen molar-refractivity contribution in [3.05, 3.63) is 28.2 Å². The van der Waals surface area contributed by atoms with Crippen LogP contribution in [0.25, 0.3) is 0 Å². The van der Waals surface area contributed by atoms with E-state index in [1.54, 1.807) is 6.07 Å². The van der Waals surface area contributed by atoms with Gasteiger partial charge in [-0.1, -0.05) is 15.9 Å². The highest BCUT2D eigenvalue weighted by atomic mass is 79.9. The molecule has 0 radical (unpaired) electrons. The van der Waals surface area contributed by atoms with E-state index in [9.17, 15) is 4.79 Å². The molecule has 1 saturated heterocycles. The van der Waals surface area contributed by atoms with Crippen LogP contribution in [0.5, 0.6) is 0 Å². The first kappa shape index (κ1) is 15.3. The Morgan fingerprint density at radius 3 is 2.90 bits per heavy atom. The first-order valence-corrected chi connectivity index (χ1v) is 7.61. The molecule has 0 unspecified atom stereocenters. The van der Waals surface area contributed by atoms with Gasteiger partial charge in [0, 0.05) is 16.7 Å². The Morgan fingerprint density at radius 1 is 1.45 bits per heavy atom. The fourth-order valence-electron chi connectivity index (χ4n) is 2.25. The average Bonchev–Trinajstić information content (AvgIpc) is 2.45. The molecular formula is C14H20BrN3O2. The van der Waals surface area contributed by atoms with Crippen LogP contribution in [0.2, 0.25) is 0 Å². The molecule has 20 heavy (non-hydrogen) atoms. The van der Waals surface area contributed by atoms with E-state index in [1.165, 1.54) is 0 Å². The topological polar surface area (TPSA) is 76.4 Å². The summed E-state index contributed by atoms with van der Waals surface area (Å²) < 4.78 is 6.64. The predicted octanol–water partition coefficient (Wildman–Crippen LogP) is 1.73. The third-order valence-corrected chi connectivity index (χ3v) is 3.80. The van der Waals surface area contributed by atoms with Crippen LogP contribution in [0.3, 0.4) is 0 Å². The number of primary amides is 1. The second-order valence-electron chi connectivity index (χ2n) is 4.80. The molecule has 0 spiro atoms. The minimum Gasteiger partial charge on any atom is -0.382 e. The van der Waals surface area contributed by atoms with Gasteiger partial charge in [0.1, 0.15) is 0 Å². The minimum absolute atomic E-state index is 0.346. The minimum atomic E-state index is -0.437. The molecule has 6 heteroatoms. The van der Waals surface area contributed by atoms with E-state index >= 15 is 0 Å². The zero-order chi connectivity index (χ0) is 14.4. The van der Waals surface area contributed by atoms with Gasteiger partial charge in [-0.25, -0.2) is 0 Å². The quantitative estimate of drug-likeness (QED) is 0.688. The number of ether oxygens (including phenoxy) is 1. The van der Waals surface area contributed by atoms with Crippen molar-refractivity contribution in [1.82, 2.24) is 5.32 Å². The summed E-state index contributed by atoms with van der Waals surface area (Å²) in [6.07, 6.45) is 2.47. The number of nitrogens with one attached hydrogen (secondary N) is 2. The van der Waals surface area contributed by atoms with Crippen LogP contribution < -0.4 is 16.4 Å². The van der Waals surface area contributed by atoms with Crippen molar-refractivity contribution in [2.75, 3.05) is 31.6 Å². The normalized spacial score (nSPS) is 16.1. The molecule has 0 bridgehead atoms. The van der Waals surface area contributed by atoms with E-state index in [1.807, 2.05) is 12.1 Å². The molecule has 2 rings (SSSR count). The summed E-state index contributed by atoms with van der Waals surface area (Å²) in [7, 11) is 0. The van der Waals surface area contributed by atoms with Crippen molar-refractivity contribution in [1.29, 1.82) is 0 Å². The van der Waals surface area contributed by atoms with E-state index in [-0.39, 0.29) is 0 Å². The average molecular weight is 342 g/mol. The maximum atomic E-state index is 11.4. The Kier molecular flexibility index (Phi) is 5.82. The highest BCUT2D eigenvalue weighted by Gasteiger charge is 2.13. The van der Waals surface area contributed by atoms with Crippen LogP contribution in [-0.4, -0.2) is 38.3 Å². The standard InChI is InChI=1S/C14H20BrN3O2/c15-10-1-2-13(12(9-10)14(16)19)18-7-8-20-11-3-5-17-6-4-11/h1-2,9,11,17-18H,3-8H2,(H2,16,19). The summed E-state index contributed by atoms with van der Waals surface area (Å²) in [5.74, 6) is -0.437. The van der Waals surface area contributed by atoms with Gasteiger partial charge in [-0.05, 0) is 44.1 Å². The maximum Gasteiger partial charge on any atom is 0.250 e. The van der Waals surface area contributed by atoms with Crippen molar-refractivity contribution in [3.8, 4) is 0 Å². The Bertz CT molecular complexity index is 462. The number of hydrogen-bond acceptors (Lipinski definition) is 4. The van der Waals surface area contributed by atoms with Crippen LogP contribution in [0.4, 0.5) is 5.69 Å². The number of amides is 1. The Hall–Kier alpha value is -1.11. The van der Waals surface area contributed by atoms with Gasteiger partial charge < -0.3 is 21.1 Å². The van der Waals surface area contributed by atoms with Crippen molar-refractivity contribution in [2.45, 2.75) is 18.9 Å². The molecule has 1 amide bonds. The van der Waals surface area contributed by atoms with E-state index in [2.05, 4.69) is 26.6 Å². The number of piperidine rings is 1. The van der Waals surface area contributed by atoms with Crippen LogP contribution in [-0.2, 0) is 4.74 Å². The summed E-state index contributed by atoms with van der Waals surface area (Å²) in [6.45, 7) is 3.33. The van der Waals surface area contributed by atoms with E-state index in [4.69, 9.17) is 10.5 Å². The lowest BCUT2D eigenvalue weighted by Gasteiger charge is -2.23. The van der Waals surface area contributed by atoms with Crippen molar-refractivity contribution >= 4 is 27.5 Å². The molecule has 0 saturated carbocycles. The molecule has 1 fully saturated rings. The molecule has 1 aromatic rings. The number of hydrogen-bond donors (Lipinski definition) is 3. The fraction of sp³-hybridized carbons (Fsp3) is 0.500. The number of carbonyl (C=O) groups is 1. The second-order valence-corrected chi connectivity index (χ2v) is 5.72. The Balaban J connectivity index is 1.80. The molecule has 5 nitrogen and oxygen atoms in total. The number of carbonyl (C=O) groups excluding carboxylic acids is 1. The van der Waals surface area contributed by atoms with Crippen LogP contribution in [0, 0.1) is 0 Å². The lowest BCUT2D eigenvalue weighted by molar-refractivity contribution is 0.0394. The molecule has 0 atom stereocenters. The molecule has 1 aromatic carbocycles. The summed E-state index contributed by atoms with van der Waals surface area (Å²) >= 11 is 3.33.